The van der Waals surface area contributed by atoms with Crippen LogP contribution in [-0.4, -0.2) is 45.5 Å². The van der Waals surface area contributed by atoms with Crippen molar-refractivity contribution in [2.45, 2.75) is 19.1 Å². The van der Waals surface area contributed by atoms with Gasteiger partial charge in [-0.05, 0) is 17.7 Å². The lowest BCUT2D eigenvalue weighted by Gasteiger charge is -2.23. The summed E-state index contributed by atoms with van der Waals surface area (Å²) in [7, 11) is -1.41. The quantitative estimate of drug-likeness (QED) is 0.829. The van der Waals surface area contributed by atoms with Gasteiger partial charge in [0.25, 0.3) is 0 Å². The number of carbonyl (C=O) groups is 1. The minimum Gasteiger partial charge on any atom is -0.380 e. The number of anilines is 1. The Morgan fingerprint density at radius 2 is 2.29 bits per heavy atom. The van der Waals surface area contributed by atoms with Crippen LogP contribution in [0.1, 0.15) is 12.0 Å². The number of sulfone groups is 1. The molecule has 0 bridgehead atoms. The number of ether oxygens (including phenoxy) is 1. The number of hydrogen-bond donors (Lipinski definition) is 2. The summed E-state index contributed by atoms with van der Waals surface area (Å²) in [5.74, 6) is -0.0342. The van der Waals surface area contributed by atoms with Crippen molar-refractivity contribution in [1.82, 2.24) is 5.32 Å². The fourth-order valence-electron chi connectivity index (χ4n) is 2.34. The number of hydrogen-bond acceptors (Lipinski definition) is 5. The molecular weight excluding hydrogens is 292 g/mol. The van der Waals surface area contributed by atoms with Crippen LogP contribution in [0.2, 0.25) is 0 Å². The van der Waals surface area contributed by atoms with E-state index in [0.717, 1.165) is 5.56 Å². The lowest BCUT2D eigenvalue weighted by atomic mass is 10.2. The molecule has 6 nitrogen and oxygen atoms in total. The van der Waals surface area contributed by atoms with Crippen LogP contribution in [0.25, 0.3) is 0 Å². The van der Waals surface area contributed by atoms with E-state index < -0.39 is 9.84 Å². The molecular formula is C14H20N2O4S. The number of methoxy groups -OCH3 is 1. The van der Waals surface area contributed by atoms with Gasteiger partial charge in [0.05, 0.1) is 18.1 Å². The lowest BCUT2D eigenvalue weighted by Crippen LogP contribution is -2.46. The number of amides is 1. The highest BCUT2D eigenvalue weighted by Gasteiger charge is 2.25. The molecule has 1 aromatic rings. The first-order valence-corrected chi connectivity index (χ1v) is 8.62. The molecule has 7 heteroatoms. The minimum atomic E-state index is -3.02. The van der Waals surface area contributed by atoms with E-state index >= 15 is 0 Å². The van der Waals surface area contributed by atoms with Crippen molar-refractivity contribution in [3.8, 4) is 0 Å². The standard InChI is InChI=1S/C14H20N2O4S/c1-20-9-11-3-2-4-12(7-11)16-14(17)8-13-10-21(18,19)6-5-15-13/h2-4,7,13,15H,5-6,8-10H2,1H3,(H,16,17). The summed E-state index contributed by atoms with van der Waals surface area (Å²) in [4.78, 5) is 12.0. The maximum absolute atomic E-state index is 12.0. The second-order valence-electron chi connectivity index (χ2n) is 5.15. The highest BCUT2D eigenvalue weighted by molar-refractivity contribution is 7.91. The molecule has 0 radical (unpaired) electrons. The third-order valence-electron chi connectivity index (χ3n) is 3.25. The molecule has 21 heavy (non-hydrogen) atoms. The Hall–Kier alpha value is -1.44. The summed E-state index contributed by atoms with van der Waals surface area (Å²) in [6, 6.07) is 7.07. The summed E-state index contributed by atoms with van der Waals surface area (Å²) in [5, 5.41) is 5.85. The van der Waals surface area contributed by atoms with Crippen LogP contribution >= 0.6 is 0 Å². The van der Waals surface area contributed by atoms with E-state index in [0.29, 0.717) is 18.8 Å². The summed E-state index contributed by atoms with van der Waals surface area (Å²) in [6.07, 6.45) is 0.147. The van der Waals surface area contributed by atoms with Gasteiger partial charge in [0, 0.05) is 31.8 Å². The van der Waals surface area contributed by atoms with Crippen molar-refractivity contribution < 1.29 is 17.9 Å². The van der Waals surface area contributed by atoms with Crippen LogP contribution < -0.4 is 10.6 Å². The predicted molar refractivity (Wildman–Crippen MR) is 80.8 cm³/mol. The first-order valence-electron chi connectivity index (χ1n) is 6.80. The lowest BCUT2D eigenvalue weighted by molar-refractivity contribution is -0.116. The fourth-order valence-corrected chi connectivity index (χ4v) is 3.78. The van der Waals surface area contributed by atoms with Crippen molar-refractivity contribution >= 4 is 21.4 Å². The number of nitrogens with one attached hydrogen (secondary N) is 2. The monoisotopic (exact) mass is 312 g/mol. The van der Waals surface area contributed by atoms with Gasteiger partial charge in [0.1, 0.15) is 0 Å². The smallest absolute Gasteiger partial charge is 0.225 e. The Balaban J connectivity index is 1.91. The number of benzene rings is 1. The first-order chi connectivity index (χ1) is 9.98. The molecule has 1 fully saturated rings. The van der Waals surface area contributed by atoms with Gasteiger partial charge in [0.2, 0.25) is 5.91 Å². The molecule has 2 rings (SSSR count). The molecule has 1 saturated heterocycles. The summed E-state index contributed by atoms with van der Waals surface area (Å²) >= 11 is 0. The molecule has 1 amide bonds. The van der Waals surface area contributed by atoms with Crippen molar-refractivity contribution in [2.24, 2.45) is 0 Å². The Bertz CT molecular complexity index is 601. The van der Waals surface area contributed by atoms with Gasteiger partial charge in [-0.1, -0.05) is 12.1 Å². The molecule has 0 spiro atoms. The first kappa shape index (κ1) is 15.9. The Morgan fingerprint density at radius 1 is 1.48 bits per heavy atom. The van der Waals surface area contributed by atoms with Crippen LogP contribution in [0.4, 0.5) is 5.69 Å². The average molecular weight is 312 g/mol. The molecule has 1 aliphatic heterocycles. The second-order valence-corrected chi connectivity index (χ2v) is 7.38. The largest absolute Gasteiger partial charge is 0.380 e. The van der Waals surface area contributed by atoms with Crippen LogP contribution in [0, 0.1) is 0 Å². The van der Waals surface area contributed by atoms with Gasteiger partial charge in [-0.25, -0.2) is 8.42 Å². The van der Waals surface area contributed by atoms with Crippen LogP contribution in [0.15, 0.2) is 24.3 Å². The zero-order valence-electron chi connectivity index (χ0n) is 12.0. The molecule has 0 saturated carbocycles. The van der Waals surface area contributed by atoms with Gasteiger partial charge < -0.3 is 15.4 Å². The summed E-state index contributed by atoms with van der Waals surface area (Å²) < 4.78 is 28.1. The third-order valence-corrected chi connectivity index (χ3v) is 4.99. The normalized spacial score (nSPS) is 20.9. The molecule has 0 aliphatic carbocycles. The van der Waals surface area contributed by atoms with Crippen LogP contribution in [-0.2, 0) is 26.0 Å². The molecule has 2 N–H and O–H groups in total. The van der Waals surface area contributed by atoms with Gasteiger partial charge >= 0.3 is 0 Å². The van der Waals surface area contributed by atoms with Crippen molar-refractivity contribution in [3.05, 3.63) is 29.8 Å². The summed E-state index contributed by atoms with van der Waals surface area (Å²) in [5.41, 5.74) is 1.65. The van der Waals surface area contributed by atoms with E-state index in [1.54, 1.807) is 13.2 Å². The average Bonchev–Trinajstić information content (AvgIpc) is 2.38. The van der Waals surface area contributed by atoms with Crippen LogP contribution in [0.3, 0.4) is 0 Å². The summed E-state index contributed by atoms with van der Waals surface area (Å²) in [6.45, 7) is 0.885. The van der Waals surface area contributed by atoms with Gasteiger partial charge in [-0.2, -0.15) is 0 Å². The molecule has 116 valence electrons. The van der Waals surface area contributed by atoms with Gasteiger partial charge in [-0.3, -0.25) is 4.79 Å². The van der Waals surface area contributed by atoms with Gasteiger partial charge in [0.15, 0.2) is 9.84 Å². The maximum Gasteiger partial charge on any atom is 0.225 e. The van der Waals surface area contributed by atoms with Crippen LogP contribution in [0.5, 0.6) is 0 Å². The molecule has 1 heterocycles. The highest BCUT2D eigenvalue weighted by Crippen LogP contribution is 2.13. The maximum atomic E-state index is 12.0. The van der Waals surface area contributed by atoms with Crippen molar-refractivity contribution in [3.63, 3.8) is 0 Å². The Kier molecular flexibility index (Phi) is 5.33. The Morgan fingerprint density at radius 3 is 3.00 bits per heavy atom. The predicted octanol–water partition coefficient (Wildman–Crippen LogP) is 0.548. The zero-order chi connectivity index (χ0) is 15.3. The van der Waals surface area contributed by atoms with E-state index in [4.69, 9.17) is 4.74 Å². The fraction of sp³-hybridized carbons (Fsp3) is 0.500. The van der Waals surface area contributed by atoms with Gasteiger partial charge in [-0.15, -0.1) is 0 Å². The number of carbonyl (C=O) groups excluding carboxylic acids is 1. The van der Waals surface area contributed by atoms with Crippen molar-refractivity contribution in [1.29, 1.82) is 0 Å². The van der Waals surface area contributed by atoms with E-state index in [2.05, 4.69) is 10.6 Å². The molecule has 1 atom stereocenters. The number of rotatable bonds is 5. The SMILES string of the molecule is COCc1cccc(NC(=O)CC2CS(=O)(=O)CCN2)c1. The van der Waals surface area contributed by atoms with E-state index in [-0.39, 0.29) is 29.9 Å². The highest BCUT2D eigenvalue weighted by atomic mass is 32.2. The molecule has 0 aromatic heterocycles. The van der Waals surface area contributed by atoms with Crippen molar-refractivity contribution in [2.75, 3.05) is 30.5 Å². The second kappa shape index (κ2) is 7.02. The third kappa shape index (κ3) is 5.11. The minimum absolute atomic E-state index is 0.0180. The molecule has 1 aliphatic rings. The van der Waals surface area contributed by atoms with E-state index in [9.17, 15) is 13.2 Å². The molecule has 1 unspecified atom stereocenters. The van der Waals surface area contributed by atoms with E-state index in [1.807, 2.05) is 18.2 Å². The molecule has 1 aromatic carbocycles. The zero-order valence-corrected chi connectivity index (χ0v) is 12.8. The van der Waals surface area contributed by atoms with E-state index in [1.165, 1.54) is 0 Å². The topological polar surface area (TPSA) is 84.5 Å². The Labute approximate surface area is 124 Å².